The van der Waals surface area contributed by atoms with Crippen LogP contribution in [0.5, 0.6) is 17.2 Å². The Kier molecular flexibility index (Phi) is 9.29. The molecule has 4 unspecified atom stereocenters. The van der Waals surface area contributed by atoms with E-state index in [2.05, 4.69) is 10.6 Å². The molecule has 1 aliphatic carbocycles. The quantitative estimate of drug-likeness (QED) is 0.304. The third-order valence-corrected chi connectivity index (χ3v) is 7.28. The minimum absolute atomic E-state index is 0.385. The number of nitrogens with one attached hydrogen (secondary N) is 2. The topological polar surface area (TPSA) is 123 Å². The van der Waals surface area contributed by atoms with Gasteiger partial charge >= 0.3 is 0 Å². The van der Waals surface area contributed by atoms with Crippen LogP contribution >= 0.6 is 0 Å². The van der Waals surface area contributed by atoms with Gasteiger partial charge < -0.3 is 30.0 Å². The molecule has 0 bridgehead atoms. The molecule has 216 valence electrons. The average Bonchev–Trinajstić information content (AvgIpc) is 2.95. The third kappa shape index (κ3) is 6.52. The van der Waals surface area contributed by atoms with Gasteiger partial charge in [-0.3, -0.25) is 14.4 Å². The molecule has 0 heterocycles. The van der Waals surface area contributed by atoms with Gasteiger partial charge in [-0.05, 0) is 55.3 Å². The van der Waals surface area contributed by atoms with Gasteiger partial charge in [-0.25, -0.2) is 0 Å². The van der Waals surface area contributed by atoms with Crippen molar-refractivity contribution in [3.63, 3.8) is 0 Å². The number of hydrogen-bond donors (Lipinski definition) is 3. The summed E-state index contributed by atoms with van der Waals surface area (Å²) in [6.45, 7) is 3.91. The molecule has 4 atom stereocenters. The van der Waals surface area contributed by atoms with Crippen molar-refractivity contribution in [3.8, 4) is 17.2 Å². The monoisotopic (exact) mass is 560 g/mol. The summed E-state index contributed by atoms with van der Waals surface area (Å²) in [5.41, 5.74) is -0.442. The van der Waals surface area contributed by atoms with Crippen LogP contribution in [0.3, 0.4) is 0 Å². The summed E-state index contributed by atoms with van der Waals surface area (Å²) in [5, 5.41) is 17.3. The number of Topliss-reactive ketones (excluding diaryl/α,β-unsaturated/α-hetero) is 1. The Labute approximate surface area is 239 Å². The lowest BCUT2D eigenvalue weighted by molar-refractivity contribution is -0.150. The smallest absolute Gasteiger partial charge is 0.235 e. The molecule has 9 heteroatoms. The second kappa shape index (κ2) is 12.9. The van der Waals surface area contributed by atoms with Crippen LogP contribution in [-0.4, -0.2) is 49.1 Å². The highest BCUT2D eigenvalue weighted by molar-refractivity contribution is 6.11. The molecular weight excluding hydrogens is 524 g/mol. The first-order valence-corrected chi connectivity index (χ1v) is 13.6. The van der Waals surface area contributed by atoms with Crippen molar-refractivity contribution in [2.24, 2.45) is 11.8 Å². The van der Waals surface area contributed by atoms with Gasteiger partial charge in [0.05, 0.1) is 43.7 Å². The predicted octanol–water partition coefficient (Wildman–Crippen LogP) is 4.81. The van der Waals surface area contributed by atoms with Gasteiger partial charge in [-0.1, -0.05) is 43.3 Å². The van der Waals surface area contributed by atoms with Crippen LogP contribution in [0.1, 0.15) is 38.2 Å². The number of benzene rings is 3. The second-order valence-electron chi connectivity index (χ2n) is 10.3. The van der Waals surface area contributed by atoms with E-state index in [1.54, 1.807) is 72.8 Å². The summed E-state index contributed by atoms with van der Waals surface area (Å²) in [5.74, 6) is -3.71. The van der Waals surface area contributed by atoms with Crippen LogP contribution in [0.4, 0.5) is 11.4 Å². The van der Waals surface area contributed by atoms with Crippen molar-refractivity contribution in [2.75, 3.05) is 31.5 Å². The van der Waals surface area contributed by atoms with Crippen molar-refractivity contribution < 1.29 is 33.7 Å². The maximum atomic E-state index is 14.0. The summed E-state index contributed by atoms with van der Waals surface area (Å²) in [4.78, 5) is 41.5. The van der Waals surface area contributed by atoms with E-state index in [9.17, 15) is 19.5 Å². The van der Waals surface area contributed by atoms with E-state index in [0.717, 1.165) is 6.42 Å². The number of rotatable bonds is 10. The van der Waals surface area contributed by atoms with Crippen molar-refractivity contribution >= 4 is 29.0 Å². The van der Waals surface area contributed by atoms with E-state index in [1.165, 1.54) is 21.1 Å². The van der Waals surface area contributed by atoms with Gasteiger partial charge in [0.25, 0.3) is 0 Å². The number of carbonyl (C=O) groups is 3. The van der Waals surface area contributed by atoms with Crippen LogP contribution in [-0.2, 0) is 14.4 Å². The summed E-state index contributed by atoms with van der Waals surface area (Å²) in [6, 6.07) is 20.7. The highest BCUT2D eigenvalue weighted by Gasteiger charge is 2.56. The summed E-state index contributed by atoms with van der Waals surface area (Å²) < 4.78 is 16.6. The van der Waals surface area contributed by atoms with Crippen LogP contribution in [0.2, 0.25) is 0 Å². The number of aliphatic hydroxyl groups is 1. The zero-order valence-electron chi connectivity index (χ0n) is 23.7. The fourth-order valence-corrected chi connectivity index (χ4v) is 5.44. The Balaban J connectivity index is 1.80. The number of methoxy groups -OCH3 is 2. The number of carbonyl (C=O) groups excluding carboxylic acids is 3. The molecule has 2 amide bonds. The molecule has 3 aromatic carbocycles. The van der Waals surface area contributed by atoms with E-state index < -0.39 is 41.0 Å². The molecule has 9 nitrogen and oxygen atoms in total. The lowest BCUT2D eigenvalue weighted by Gasteiger charge is -2.44. The standard InChI is InChI=1S/C32H36N2O7/c1-5-17-41-21-12-10-11-20(18-21)27-28(30(36)33-22-13-6-8-15-25(22)39-3)24(35)19-32(2,38)29(27)31(37)34-23-14-7-9-16-26(23)40-4/h6-16,18,27-29,38H,5,17,19H2,1-4H3,(H,33,36)(H,34,37). The Hall–Kier alpha value is -4.37. The highest BCUT2D eigenvalue weighted by Crippen LogP contribution is 2.47. The van der Waals surface area contributed by atoms with E-state index in [1.807, 2.05) is 6.92 Å². The SMILES string of the molecule is CCCOc1cccc(C2C(C(=O)Nc3ccccc3OC)C(=O)CC(C)(O)C2C(=O)Nc2ccccc2OC)c1. The van der Waals surface area contributed by atoms with Gasteiger partial charge in [-0.2, -0.15) is 0 Å². The lowest BCUT2D eigenvalue weighted by Crippen LogP contribution is -2.56. The summed E-state index contributed by atoms with van der Waals surface area (Å²) in [7, 11) is 2.97. The Morgan fingerprint density at radius 2 is 1.49 bits per heavy atom. The number of ether oxygens (including phenoxy) is 3. The average molecular weight is 561 g/mol. The minimum atomic E-state index is -1.75. The molecule has 0 aromatic heterocycles. The molecule has 1 saturated carbocycles. The zero-order valence-corrected chi connectivity index (χ0v) is 23.7. The number of hydrogen-bond acceptors (Lipinski definition) is 7. The van der Waals surface area contributed by atoms with E-state index >= 15 is 0 Å². The van der Waals surface area contributed by atoms with Gasteiger partial charge in [0.2, 0.25) is 11.8 Å². The first-order valence-electron chi connectivity index (χ1n) is 13.6. The fraction of sp³-hybridized carbons (Fsp3) is 0.344. The van der Waals surface area contributed by atoms with Gasteiger partial charge in [0.1, 0.15) is 28.9 Å². The summed E-state index contributed by atoms with van der Waals surface area (Å²) in [6.07, 6.45) is 0.401. The normalized spacial score (nSPS) is 22.0. The zero-order chi connectivity index (χ0) is 29.6. The van der Waals surface area contributed by atoms with Gasteiger partial charge in [-0.15, -0.1) is 0 Å². The van der Waals surface area contributed by atoms with Gasteiger partial charge in [0.15, 0.2) is 0 Å². The number of anilines is 2. The molecule has 3 aromatic rings. The molecule has 4 rings (SSSR count). The van der Waals surface area contributed by atoms with Crippen molar-refractivity contribution in [2.45, 2.75) is 38.2 Å². The molecule has 0 saturated heterocycles. The summed E-state index contributed by atoms with van der Waals surface area (Å²) >= 11 is 0. The Morgan fingerprint density at radius 3 is 2.07 bits per heavy atom. The van der Waals surface area contributed by atoms with E-state index in [4.69, 9.17) is 14.2 Å². The second-order valence-corrected chi connectivity index (χ2v) is 10.3. The maximum absolute atomic E-state index is 14.0. The molecule has 0 aliphatic heterocycles. The first kappa shape index (κ1) is 29.6. The van der Waals surface area contributed by atoms with E-state index in [-0.39, 0.29) is 6.42 Å². The molecule has 3 N–H and O–H groups in total. The molecule has 0 spiro atoms. The van der Waals surface area contributed by atoms with Crippen molar-refractivity contribution in [3.05, 3.63) is 78.4 Å². The highest BCUT2D eigenvalue weighted by atomic mass is 16.5. The van der Waals surface area contributed by atoms with Crippen LogP contribution in [0.25, 0.3) is 0 Å². The number of para-hydroxylation sites is 4. The predicted molar refractivity (Wildman–Crippen MR) is 155 cm³/mol. The van der Waals surface area contributed by atoms with E-state index in [0.29, 0.717) is 40.8 Å². The minimum Gasteiger partial charge on any atom is -0.495 e. The molecule has 1 fully saturated rings. The lowest BCUT2D eigenvalue weighted by atomic mass is 9.61. The number of amides is 2. The Morgan fingerprint density at radius 1 is 0.902 bits per heavy atom. The van der Waals surface area contributed by atoms with Crippen LogP contribution < -0.4 is 24.8 Å². The van der Waals surface area contributed by atoms with Crippen molar-refractivity contribution in [1.29, 1.82) is 0 Å². The largest absolute Gasteiger partial charge is 0.495 e. The fourth-order valence-electron chi connectivity index (χ4n) is 5.44. The molecule has 1 aliphatic rings. The van der Waals surface area contributed by atoms with Crippen molar-refractivity contribution in [1.82, 2.24) is 0 Å². The molecule has 0 radical (unpaired) electrons. The third-order valence-electron chi connectivity index (χ3n) is 7.28. The molecule has 41 heavy (non-hydrogen) atoms. The van der Waals surface area contributed by atoms with Crippen LogP contribution in [0.15, 0.2) is 72.8 Å². The van der Waals surface area contributed by atoms with Crippen LogP contribution in [0, 0.1) is 11.8 Å². The number of ketones is 1. The Bertz CT molecular complexity index is 1400. The first-order chi connectivity index (χ1) is 19.7. The maximum Gasteiger partial charge on any atom is 0.235 e. The van der Waals surface area contributed by atoms with Gasteiger partial charge in [0, 0.05) is 12.3 Å². The molecular formula is C32H36N2O7.